The zero-order valence-corrected chi connectivity index (χ0v) is 14.2. The van der Waals surface area contributed by atoms with Gasteiger partial charge in [-0.1, -0.05) is 32.0 Å². The van der Waals surface area contributed by atoms with Gasteiger partial charge in [-0.2, -0.15) is 0 Å². The number of benzene rings is 1. The topological polar surface area (TPSA) is 46.6 Å². The van der Waals surface area contributed by atoms with Crippen molar-refractivity contribution in [3.05, 3.63) is 29.8 Å². The fraction of sp³-hybridized carbons (Fsp3) is 0.579. The molecule has 4 heteroatoms. The van der Waals surface area contributed by atoms with Gasteiger partial charge < -0.3 is 9.64 Å². The Morgan fingerprint density at radius 3 is 2.52 bits per heavy atom. The number of para-hydroxylation sites is 1. The highest BCUT2D eigenvalue weighted by atomic mass is 16.6. The summed E-state index contributed by atoms with van der Waals surface area (Å²) in [6.07, 6.45) is 2.19. The molecule has 1 saturated heterocycles. The third kappa shape index (κ3) is 1.47. The summed E-state index contributed by atoms with van der Waals surface area (Å²) >= 11 is 0. The van der Waals surface area contributed by atoms with Crippen molar-refractivity contribution in [3.63, 3.8) is 0 Å². The molecule has 1 aromatic carbocycles. The molecule has 0 aromatic heterocycles. The van der Waals surface area contributed by atoms with Gasteiger partial charge in [-0.25, -0.2) is 0 Å². The average molecular weight is 313 g/mol. The first kappa shape index (κ1) is 14.7. The Hall–Kier alpha value is -1.84. The van der Waals surface area contributed by atoms with Crippen molar-refractivity contribution in [2.45, 2.75) is 58.6 Å². The lowest BCUT2D eigenvalue weighted by molar-refractivity contribution is -0.167. The molecule has 1 aliphatic carbocycles. The first-order chi connectivity index (χ1) is 10.7. The number of carbonyl (C=O) groups excluding carboxylic acids is 2. The lowest BCUT2D eigenvalue weighted by Crippen LogP contribution is -2.56. The van der Waals surface area contributed by atoms with E-state index in [0.717, 1.165) is 12.1 Å². The van der Waals surface area contributed by atoms with Gasteiger partial charge in [0.25, 0.3) is 5.91 Å². The van der Waals surface area contributed by atoms with Crippen molar-refractivity contribution < 1.29 is 14.3 Å². The largest absolute Gasteiger partial charge is 0.448 e. The van der Waals surface area contributed by atoms with E-state index in [1.165, 1.54) is 5.56 Å². The second-order valence-electron chi connectivity index (χ2n) is 8.03. The molecule has 0 unspecified atom stereocenters. The van der Waals surface area contributed by atoms with Crippen LogP contribution < -0.4 is 4.90 Å². The zero-order chi connectivity index (χ0) is 16.6. The van der Waals surface area contributed by atoms with Gasteiger partial charge in [0.1, 0.15) is 0 Å². The minimum absolute atomic E-state index is 0.0467. The summed E-state index contributed by atoms with van der Waals surface area (Å²) in [5.74, 6) is -0.267. The van der Waals surface area contributed by atoms with Crippen LogP contribution in [0.2, 0.25) is 0 Å². The molecule has 4 nitrogen and oxygen atoms in total. The van der Waals surface area contributed by atoms with E-state index in [1.807, 2.05) is 43.9 Å². The Morgan fingerprint density at radius 2 is 1.91 bits per heavy atom. The summed E-state index contributed by atoms with van der Waals surface area (Å²) < 4.78 is 5.77. The summed E-state index contributed by atoms with van der Waals surface area (Å²) in [5.41, 5.74) is 0.0700. The highest BCUT2D eigenvalue weighted by Crippen LogP contribution is 2.66. The zero-order valence-electron chi connectivity index (χ0n) is 14.2. The third-order valence-corrected chi connectivity index (χ3v) is 6.86. The maximum absolute atomic E-state index is 13.6. The molecule has 0 N–H and O–H groups in total. The molecular formula is C19H23NO3. The predicted octanol–water partition coefficient (Wildman–Crippen LogP) is 3.09. The molecule has 1 amide bonds. The summed E-state index contributed by atoms with van der Waals surface area (Å²) in [6, 6.07) is 8.12. The van der Waals surface area contributed by atoms with Crippen LogP contribution in [0.5, 0.6) is 0 Å². The number of hydrogen-bond acceptors (Lipinski definition) is 3. The molecule has 2 fully saturated rings. The van der Waals surface area contributed by atoms with Crippen molar-refractivity contribution in [2.24, 2.45) is 10.8 Å². The molecule has 1 aromatic rings. The number of ether oxygens (including phenoxy) is 1. The minimum atomic E-state index is -1.02. The highest BCUT2D eigenvalue weighted by Gasteiger charge is 2.76. The van der Waals surface area contributed by atoms with E-state index in [9.17, 15) is 9.59 Å². The molecule has 2 heterocycles. The lowest BCUT2D eigenvalue weighted by Gasteiger charge is -2.39. The molecule has 3 aliphatic rings. The molecular weight excluding hydrogens is 290 g/mol. The van der Waals surface area contributed by atoms with Gasteiger partial charge in [-0.15, -0.1) is 0 Å². The second-order valence-corrected chi connectivity index (χ2v) is 8.03. The summed E-state index contributed by atoms with van der Waals surface area (Å²) in [7, 11) is 0. The third-order valence-electron chi connectivity index (χ3n) is 6.86. The number of anilines is 1. The SMILES string of the molecule is C[C@H]1Cc2ccccc2N1C(=O)[C@@]12CC[C@](C)(C(=O)O1)C2(C)C. The molecule has 122 valence electrons. The summed E-state index contributed by atoms with van der Waals surface area (Å²) in [4.78, 5) is 27.8. The lowest BCUT2D eigenvalue weighted by atomic mass is 9.66. The van der Waals surface area contributed by atoms with Crippen LogP contribution in [-0.2, 0) is 20.7 Å². The van der Waals surface area contributed by atoms with Crippen molar-refractivity contribution >= 4 is 17.6 Å². The number of rotatable bonds is 1. The van der Waals surface area contributed by atoms with Crippen molar-refractivity contribution in [1.29, 1.82) is 0 Å². The van der Waals surface area contributed by atoms with Crippen LogP contribution in [0.3, 0.4) is 0 Å². The van der Waals surface area contributed by atoms with E-state index in [4.69, 9.17) is 4.74 Å². The molecule has 3 atom stereocenters. The highest BCUT2D eigenvalue weighted by molar-refractivity contribution is 6.06. The second kappa shape index (κ2) is 4.16. The molecule has 2 aliphatic heterocycles. The number of amides is 1. The van der Waals surface area contributed by atoms with Crippen molar-refractivity contribution in [1.82, 2.24) is 0 Å². The smallest absolute Gasteiger partial charge is 0.313 e. The monoisotopic (exact) mass is 313 g/mol. The fourth-order valence-electron chi connectivity index (χ4n) is 4.79. The van der Waals surface area contributed by atoms with Crippen LogP contribution in [0.1, 0.15) is 46.1 Å². The first-order valence-corrected chi connectivity index (χ1v) is 8.40. The van der Waals surface area contributed by atoms with E-state index in [1.54, 1.807) is 0 Å². The van der Waals surface area contributed by atoms with E-state index < -0.39 is 16.4 Å². The van der Waals surface area contributed by atoms with E-state index in [-0.39, 0.29) is 17.9 Å². The van der Waals surface area contributed by atoms with Crippen LogP contribution >= 0.6 is 0 Å². The Balaban J connectivity index is 1.80. The first-order valence-electron chi connectivity index (χ1n) is 8.40. The van der Waals surface area contributed by atoms with Gasteiger partial charge in [0, 0.05) is 17.1 Å². The number of esters is 1. The van der Waals surface area contributed by atoms with Crippen LogP contribution in [-0.4, -0.2) is 23.5 Å². The Bertz CT molecular complexity index is 725. The molecule has 2 bridgehead atoms. The van der Waals surface area contributed by atoms with Crippen molar-refractivity contribution in [3.8, 4) is 0 Å². The number of hydrogen-bond donors (Lipinski definition) is 0. The van der Waals surface area contributed by atoms with Crippen LogP contribution in [0.15, 0.2) is 24.3 Å². The van der Waals surface area contributed by atoms with Gasteiger partial charge >= 0.3 is 5.97 Å². The number of carbonyl (C=O) groups is 2. The van der Waals surface area contributed by atoms with Gasteiger partial charge in [-0.05, 0) is 44.7 Å². The Morgan fingerprint density at radius 1 is 1.22 bits per heavy atom. The van der Waals surface area contributed by atoms with E-state index in [0.29, 0.717) is 12.8 Å². The van der Waals surface area contributed by atoms with Crippen LogP contribution in [0, 0.1) is 10.8 Å². The van der Waals surface area contributed by atoms with Crippen LogP contribution in [0.4, 0.5) is 5.69 Å². The molecule has 0 spiro atoms. The van der Waals surface area contributed by atoms with E-state index >= 15 is 0 Å². The Kier molecular flexibility index (Phi) is 2.67. The minimum Gasteiger partial charge on any atom is -0.448 e. The molecule has 4 rings (SSSR count). The predicted molar refractivity (Wildman–Crippen MR) is 87.0 cm³/mol. The molecule has 1 saturated carbocycles. The maximum Gasteiger partial charge on any atom is 0.313 e. The van der Waals surface area contributed by atoms with Gasteiger partial charge in [-0.3, -0.25) is 9.59 Å². The fourth-order valence-corrected chi connectivity index (χ4v) is 4.79. The summed E-state index contributed by atoms with van der Waals surface area (Å²) in [5, 5.41) is 0. The van der Waals surface area contributed by atoms with Gasteiger partial charge in [0.2, 0.25) is 0 Å². The average Bonchev–Trinajstić information content (AvgIpc) is 2.99. The summed E-state index contributed by atoms with van der Waals surface area (Å²) in [6.45, 7) is 8.02. The van der Waals surface area contributed by atoms with Gasteiger partial charge in [0.05, 0.1) is 5.41 Å². The number of fused-ring (bicyclic) bond motifs is 3. The molecule has 0 radical (unpaired) electrons. The van der Waals surface area contributed by atoms with Crippen LogP contribution in [0.25, 0.3) is 0 Å². The Labute approximate surface area is 136 Å². The normalized spacial score (nSPS) is 37.0. The van der Waals surface area contributed by atoms with E-state index in [2.05, 4.69) is 13.0 Å². The quantitative estimate of drug-likeness (QED) is 0.749. The maximum atomic E-state index is 13.6. The standard InChI is InChI=1S/C19H23NO3/c1-12-11-13-7-5-6-8-14(13)20(12)15(21)19-10-9-18(4,16(22)23-19)17(19,2)3/h5-8,12H,9-11H2,1-4H3/t12-,18+,19+/m0/s1. The molecule has 23 heavy (non-hydrogen) atoms. The van der Waals surface area contributed by atoms with Gasteiger partial charge in [0.15, 0.2) is 5.60 Å². The van der Waals surface area contributed by atoms with Crippen molar-refractivity contribution in [2.75, 3.05) is 4.90 Å². The number of nitrogens with zero attached hydrogens (tertiary/aromatic N) is 1.